The maximum absolute atomic E-state index is 5.63. The molecule has 0 aliphatic heterocycles. The standard InChI is InChI=1S/C12H14N4S2/c1-7-3-9(12(13)17)4-11(16-7)14-5-10-8(2)15-6-18-10/h3-4,6H,5H2,1-2H3,(H2,13,17)(H,14,16). The third kappa shape index (κ3) is 3.02. The minimum atomic E-state index is 0.387. The average Bonchev–Trinajstić information content (AvgIpc) is 2.71. The van der Waals surface area contributed by atoms with Gasteiger partial charge in [0.2, 0.25) is 0 Å². The molecule has 18 heavy (non-hydrogen) atoms. The average molecular weight is 278 g/mol. The molecule has 0 radical (unpaired) electrons. The highest BCUT2D eigenvalue weighted by atomic mass is 32.1. The van der Waals surface area contributed by atoms with Gasteiger partial charge in [0.25, 0.3) is 0 Å². The Morgan fingerprint density at radius 2 is 2.22 bits per heavy atom. The SMILES string of the molecule is Cc1cc(C(N)=S)cc(NCc2scnc2C)n1. The van der Waals surface area contributed by atoms with E-state index in [1.165, 1.54) is 4.88 Å². The molecule has 2 aromatic heterocycles. The molecule has 0 atom stereocenters. The van der Waals surface area contributed by atoms with E-state index in [1.54, 1.807) is 11.3 Å². The van der Waals surface area contributed by atoms with Crippen molar-refractivity contribution in [2.24, 2.45) is 5.73 Å². The summed E-state index contributed by atoms with van der Waals surface area (Å²) in [5.41, 5.74) is 10.3. The Bertz CT molecular complexity index is 577. The van der Waals surface area contributed by atoms with Crippen LogP contribution in [0.2, 0.25) is 0 Å². The van der Waals surface area contributed by atoms with E-state index in [4.69, 9.17) is 18.0 Å². The Labute approximate surface area is 115 Å². The lowest BCUT2D eigenvalue weighted by molar-refractivity contribution is 1.08. The normalized spacial score (nSPS) is 10.3. The third-order valence-electron chi connectivity index (χ3n) is 2.51. The minimum absolute atomic E-state index is 0.387. The molecule has 0 saturated carbocycles. The second-order valence-electron chi connectivity index (χ2n) is 3.96. The van der Waals surface area contributed by atoms with Crippen LogP contribution in [0.1, 0.15) is 21.8 Å². The van der Waals surface area contributed by atoms with Crippen molar-refractivity contribution in [1.82, 2.24) is 9.97 Å². The molecule has 0 fully saturated rings. The number of thiocarbonyl (C=S) groups is 1. The fourth-order valence-electron chi connectivity index (χ4n) is 1.57. The molecule has 0 aliphatic carbocycles. The summed E-state index contributed by atoms with van der Waals surface area (Å²) in [5.74, 6) is 0.783. The molecule has 0 saturated heterocycles. The number of thiazole rings is 1. The van der Waals surface area contributed by atoms with E-state index in [-0.39, 0.29) is 0 Å². The first kappa shape index (κ1) is 12.9. The van der Waals surface area contributed by atoms with Crippen LogP contribution >= 0.6 is 23.6 Å². The monoisotopic (exact) mass is 278 g/mol. The zero-order valence-electron chi connectivity index (χ0n) is 10.2. The van der Waals surface area contributed by atoms with Gasteiger partial charge in [0.05, 0.1) is 17.7 Å². The van der Waals surface area contributed by atoms with Crippen molar-refractivity contribution in [3.05, 3.63) is 39.5 Å². The molecule has 0 spiro atoms. The molecule has 0 unspecified atom stereocenters. The van der Waals surface area contributed by atoms with Crippen LogP contribution in [0.25, 0.3) is 0 Å². The van der Waals surface area contributed by atoms with Gasteiger partial charge in [-0.15, -0.1) is 11.3 Å². The molecule has 94 valence electrons. The van der Waals surface area contributed by atoms with Gasteiger partial charge in [0, 0.05) is 16.1 Å². The molecule has 0 amide bonds. The van der Waals surface area contributed by atoms with Crippen molar-refractivity contribution < 1.29 is 0 Å². The van der Waals surface area contributed by atoms with Crippen LogP contribution in [0.5, 0.6) is 0 Å². The highest BCUT2D eigenvalue weighted by Gasteiger charge is 2.04. The van der Waals surface area contributed by atoms with Crippen molar-refractivity contribution in [1.29, 1.82) is 0 Å². The number of rotatable bonds is 4. The summed E-state index contributed by atoms with van der Waals surface area (Å²) in [6.07, 6.45) is 0. The minimum Gasteiger partial charge on any atom is -0.389 e. The van der Waals surface area contributed by atoms with Gasteiger partial charge in [-0.1, -0.05) is 12.2 Å². The van der Waals surface area contributed by atoms with Gasteiger partial charge in [-0.25, -0.2) is 9.97 Å². The Hall–Kier alpha value is -1.53. The molecule has 2 rings (SSSR count). The van der Waals surface area contributed by atoms with E-state index >= 15 is 0 Å². The van der Waals surface area contributed by atoms with Gasteiger partial charge >= 0.3 is 0 Å². The van der Waals surface area contributed by atoms with Gasteiger partial charge < -0.3 is 11.1 Å². The summed E-state index contributed by atoms with van der Waals surface area (Å²) in [5, 5.41) is 3.27. The molecule has 2 heterocycles. The van der Waals surface area contributed by atoms with Crippen molar-refractivity contribution >= 4 is 34.4 Å². The lowest BCUT2D eigenvalue weighted by Crippen LogP contribution is -2.11. The third-order valence-corrected chi connectivity index (χ3v) is 3.68. The van der Waals surface area contributed by atoms with Crippen LogP contribution in [-0.2, 0) is 6.54 Å². The van der Waals surface area contributed by atoms with Crippen molar-refractivity contribution in [3.8, 4) is 0 Å². The molecular weight excluding hydrogens is 264 g/mol. The number of aryl methyl sites for hydroxylation is 2. The van der Waals surface area contributed by atoms with Crippen LogP contribution in [0.15, 0.2) is 17.6 Å². The number of nitrogens with two attached hydrogens (primary N) is 1. The topological polar surface area (TPSA) is 63.8 Å². The molecule has 0 aromatic carbocycles. The molecule has 6 heteroatoms. The number of pyridine rings is 1. The van der Waals surface area contributed by atoms with Crippen LogP contribution in [0.4, 0.5) is 5.82 Å². The molecule has 0 bridgehead atoms. The quantitative estimate of drug-likeness (QED) is 0.841. The summed E-state index contributed by atoms with van der Waals surface area (Å²) in [6.45, 7) is 4.63. The predicted molar refractivity (Wildman–Crippen MR) is 79.0 cm³/mol. The van der Waals surface area contributed by atoms with E-state index < -0.39 is 0 Å². The molecular formula is C12H14N4S2. The Balaban J connectivity index is 2.14. The van der Waals surface area contributed by atoms with E-state index in [1.807, 2.05) is 31.5 Å². The molecule has 3 N–H and O–H groups in total. The van der Waals surface area contributed by atoms with Gasteiger partial charge in [-0.05, 0) is 26.0 Å². The summed E-state index contributed by atoms with van der Waals surface area (Å²) < 4.78 is 0. The van der Waals surface area contributed by atoms with E-state index in [0.29, 0.717) is 11.5 Å². The van der Waals surface area contributed by atoms with Crippen molar-refractivity contribution in [2.45, 2.75) is 20.4 Å². The number of hydrogen-bond donors (Lipinski definition) is 2. The van der Waals surface area contributed by atoms with Crippen LogP contribution < -0.4 is 11.1 Å². The highest BCUT2D eigenvalue weighted by molar-refractivity contribution is 7.80. The zero-order valence-corrected chi connectivity index (χ0v) is 11.9. The zero-order chi connectivity index (χ0) is 13.1. The van der Waals surface area contributed by atoms with Crippen LogP contribution in [0.3, 0.4) is 0 Å². The van der Waals surface area contributed by atoms with Crippen LogP contribution in [0, 0.1) is 13.8 Å². The lowest BCUT2D eigenvalue weighted by atomic mass is 10.2. The predicted octanol–water partition coefficient (Wildman–Crippen LogP) is 2.40. The first-order valence-electron chi connectivity index (χ1n) is 5.47. The number of nitrogens with zero attached hydrogens (tertiary/aromatic N) is 2. The first-order valence-corrected chi connectivity index (χ1v) is 6.76. The molecule has 0 aliphatic rings. The van der Waals surface area contributed by atoms with Gasteiger partial charge in [0.1, 0.15) is 10.8 Å². The smallest absolute Gasteiger partial charge is 0.127 e. The van der Waals surface area contributed by atoms with E-state index in [2.05, 4.69) is 15.3 Å². The second-order valence-corrected chi connectivity index (χ2v) is 5.34. The molecule has 4 nitrogen and oxygen atoms in total. The Morgan fingerprint density at radius 3 is 2.83 bits per heavy atom. The summed E-state index contributed by atoms with van der Waals surface area (Å²) >= 11 is 6.61. The van der Waals surface area contributed by atoms with E-state index in [9.17, 15) is 0 Å². The number of nitrogens with one attached hydrogen (secondary N) is 1. The summed E-state index contributed by atoms with van der Waals surface area (Å²) in [6, 6.07) is 3.75. The lowest BCUT2D eigenvalue weighted by Gasteiger charge is -2.08. The van der Waals surface area contributed by atoms with Crippen molar-refractivity contribution in [2.75, 3.05) is 5.32 Å². The Kier molecular flexibility index (Phi) is 3.88. The Morgan fingerprint density at radius 1 is 1.44 bits per heavy atom. The number of anilines is 1. The van der Waals surface area contributed by atoms with Gasteiger partial charge in [-0.2, -0.15) is 0 Å². The maximum Gasteiger partial charge on any atom is 0.127 e. The number of aromatic nitrogens is 2. The van der Waals surface area contributed by atoms with E-state index in [0.717, 1.165) is 22.8 Å². The largest absolute Gasteiger partial charge is 0.389 e. The fraction of sp³-hybridized carbons (Fsp3) is 0.250. The molecule has 2 aromatic rings. The van der Waals surface area contributed by atoms with Crippen molar-refractivity contribution in [3.63, 3.8) is 0 Å². The first-order chi connectivity index (χ1) is 8.56. The summed E-state index contributed by atoms with van der Waals surface area (Å²) in [7, 11) is 0. The van der Waals surface area contributed by atoms with Gasteiger partial charge in [-0.3, -0.25) is 0 Å². The highest BCUT2D eigenvalue weighted by Crippen LogP contribution is 2.15. The maximum atomic E-state index is 5.63. The summed E-state index contributed by atoms with van der Waals surface area (Å²) in [4.78, 5) is 10.2. The fourth-order valence-corrected chi connectivity index (χ4v) is 2.40. The second kappa shape index (κ2) is 5.41. The van der Waals surface area contributed by atoms with Gasteiger partial charge in [0.15, 0.2) is 0 Å². The van der Waals surface area contributed by atoms with Crippen LogP contribution in [-0.4, -0.2) is 15.0 Å². The number of hydrogen-bond acceptors (Lipinski definition) is 5.